The molecule has 0 radical (unpaired) electrons. The van der Waals surface area contributed by atoms with Crippen molar-refractivity contribution in [1.82, 2.24) is 5.06 Å². The molecule has 0 aliphatic carbocycles. The van der Waals surface area contributed by atoms with E-state index in [1.54, 1.807) is 0 Å². The fourth-order valence-electron chi connectivity index (χ4n) is 1.66. The van der Waals surface area contributed by atoms with Crippen LogP contribution in [0.5, 0.6) is 0 Å². The summed E-state index contributed by atoms with van der Waals surface area (Å²) in [7, 11) is 0. The van der Waals surface area contributed by atoms with Crippen LogP contribution in [0.4, 0.5) is 4.79 Å². The zero-order valence-corrected chi connectivity index (χ0v) is 10.4. The Morgan fingerprint density at radius 1 is 1.29 bits per heavy atom. The van der Waals surface area contributed by atoms with E-state index in [1.807, 2.05) is 12.1 Å². The van der Waals surface area contributed by atoms with E-state index in [0.29, 0.717) is 17.4 Å². The molecule has 0 aromatic heterocycles. The molecule has 0 saturated carbocycles. The molecule has 0 unspecified atom stereocenters. The third-order valence-corrected chi connectivity index (χ3v) is 2.53. The molecule has 17 heavy (non-hydrogen) atoms. The topological polar surface area (TPSA) is 66.6 Å². The second kappa shape index (κ2) is 6.25. The van der Waals surface area contributed by atoms with E-state index in [4.69, 9.17) is 10.9 Å². The van der Waals surface area contributed by atoms with Crippen LogP contribution >= 0.6 is 0 Å². The number of hydrogen-bond acceptors (Lipinski definition) is 2. The summed E-state index contributed by atoms with van der Waals surface area (Å²) in [5.41, 5.74) is 7.30. The van der Waals surface area contributed by atoms with E-state index in [1.165, 1.54) is 5.56 Å². The van der Waals surface area contributed by atoms with Crippen molar-refractivity contribution in [3.63, 3.8) is 0 Å². The van der Waals surface area contributed by atoms with Gasteiger partial charge in [-0.1, -0.05) is 38.1 Å². The van der Waals surface area contributed by atoms with Crippen molar-refractivity contribution < 1.29 is 10.0 Å². The summed E-state index contributed by atoms with van der Waals surface area (Å²) in [5, 5.41) is 9.65. The Bertz CT molecular complexity index is 360. The van der Waals surface area contributed by atoms with Gasteiger partial charge in [0.05, 0.1) is 6.54 Å². The molecule has 1 rings (SSSR count). The van der Waals surface area contributed by atoms with E-state index < -0.39 is 6.03 Å². The van der Waals surface area contributed by atoms with Crippen molar-refractivity contribution in [3.05, 3.63) is 35.4 Å². The van der Waals surface area contributed by atoms with Gasteiger partial charge < -0.3 is 5.73 Å². The fourth-order valence-corrected chi connectivity index (χ4v) is 1.66. The SMILES string of the molecule is CC(C)Cc1ccc(CCN(O)C(N)=O)cc1. The maximum absolute atomic E-state index is 10.6. The fraction of sp³-hybridized carbons (Fsp3) is 0.462. The number of amides is 2. The molecule has 4 heteroatoms. The summed E-state index contributed by atoms with van der Waals surface area (Å²) in [5.74, 6) is 0.642. The molecule has 94 valence electrons. The number of nitrogens with two attached hydrogens (primary N) is 1. The number of rotatable bonds is 5. The van der Waals surface area contributed by atoms with E-state index in [-0.39, 0.29) is 6.54 Å². The Hall–Kier alpha value is -1.55. The number of hydrogen-bond donors (Lipinski definition) is 2. The highest BCUT2D eigenvalue weighted by Crippen LogP contribution is 2.10. The Morgan fingerprint density at radius 3 is 2.29 bits per heavy atom. The predicted molar refractivity (Wildman–Crippen MR) is 66.8 cm³/mol. The molecule has 0 saturated heterocycles. The minimum atomic E-state index is -0.818. The first-order chi connectivity index (χ1) is 7.99. The molecule has 1 aromatic rings. The molecule has 4 nitrogen and oxygen atoms in total. The first-order valence-corrected chi connectivity index (χ1v) is 5.82. The van der Waals surface area contributed by atoms with Crippen molar-refractivity contribution in [1.29, 1.82) is 0 Å². The van der Waals surface area contributed by atoms with Crippen molar-refractivity contribution >= 4 is 6.03 Å². The Balaban J connectivity index is 2.48. The quantitative estimate of drug-likeness (QED) is 0.608. The average Bonchev–Trinajstić information content (AvgIpc) is 2.26. The maximum atomic E-state index is 10.6. The molecular weight excluding hydrogens is 216 g/mol. The normalized spacial score (nSPS) is 10.6. The third-order valence-electron chi connectivity index (χ3n) is 2.53. The monoisotopic (exact) mass is 236 g/mol. The lowest BCUT2D eigenvalue weighted by molar-refractivity contribution is -0.0382. The van der Waals surface area contributed by atoms with Crippen molar-refractivity contribution in [2.24, 2.45) is 11.7 Å². The second-order valence-electron chi connectivity index (χ2n) is 4.63. The van der Waals surface area contributed by atoms with Crippen molar-refractivity contribution in [2.75, 3.05) is 6.54 Å². The molecule has 3 N–H and O–H groups in total. The smallest absolute Gasteiger partial charge is 0.338 e. The number of hydroxylamine groups is 2. The molecule has 0 aliphatic rings. The number of urea groups is 1. The van der Waals surface area contributed by atoms with Gasteiger partial charge in [0.25, 0.3) is 0 Å². The molecule has 0 atom stereocenters. The van der Waals surface area contributed by atoms with Gasteiger partial charge in [-0.3, -0.25) is 5.21 Å². The zero-order valence-electron chi connectivity index (χ0n) is 10.4. The van der Waals surface area contributed by atoms with Gasteiger partial charge in [0, 0.05) is 0 Å². The van der Waals surface area contributed by atoms with Crippen LogP contribution in [0.3, 0.4) is 0 Å². The number of carbonyl (C=O) groups excluding carboxylic acids is 1. The minimum Gasteiger partial charge on any atom is -0.350 e. The molecule has 0 fully saturated rings. The number of benzene rings is 1. The summed E-state index contributed by atoms with van der Waals surface area (Å²) in [4.78, 5) is 10.6. The van der Waals surface area contributed by atoms with Crippen LogP contribution in [0.1, 0.15) is 25.0 Å². The van der Waals surface area contributed by atoms with Crippen LogP contribution in [0.2, 0.25) is 0 Å². The van der Waals surface area contributed by atoms with E-state index >= 15 is 0 Å². The van der Waals surface area contributed by atoms with Crippen LogP contribution in [-0.4, -0.2) is 22.8 Å². The summed E-state index contributed by atoms with van der Waals surface area (Å²) in [6.45, 7) is 4.59. The summed E-state index contributed by atoms with van der Waals surface area (Å²) < 4.78 is 0. The molecule has 0 bridgehead atoms. The van der Waals surface area contributed by atoms with Crippen LogP contribution in [0.25, 0.3) is 0 Å². The minimum absolute atomic E-state index is 0.221. The first-order valence-electron chi connectivity index (χ1n) is 5.82. The van der Waals surface area contributed by atoms with Crippen LogP contribution in [0.15, 0.2) is 24.3 Å². The maximum Gasteiger partial charge on any atom is 0.338 e. The molecule has 2 amide bonds. The van der Waals surface area contributed by atoms with E-state index in [2.05, 4.69) is 26.0 Å². The predicted octanol–water partition coefficient (Wildman–Crippen LogP) is 2.20. The van der Waals surface area contributed by atoms with Gasteiger partial charge in [-0.25, -0.2) is 9.86 Å². The standard InChI is InChI=1S/C13H20N2O2/c1-10(2)9-12-5-3-11(4-6-12)7-8-15(17)13(14)16/h3-6,10,17H,7-9H2,1-2H3,(H2,14,16). The molecule has 1 aromatic carbocycles. The number of nitrogens with zero attached hydrogens (tertiary/aromatic N) is 1. The van der Waals surface area contributed by atoms with Crippen LogP contribution in [-0.2, 0) is 12.8 Å². The number of primary amides is 1. The van der Waals surface area contributed by atoms with Gasteiger partial charge in [-0.05, 0) is 29.9 Å². The van der Waals surface area contributed by atoms with Crippen molar-refractivity contribution in [2.45, 2.75) is 26.7 Å². The average molecular weight is 236 g/mol. The summed E-state index contributed by atoms with van der Waals surface area (Å²) in [6, 6.07) is 7.39. The lowest BCUT2D eigenvalue weighted by atomic mass is 10.0. The van der Waals surface area contributed by atoms with Gasteiger partial charge >= 0.3 is 6.03 Å². The summed E-state index contributed by atoms with van der Waals surface area (Å²) >= 11 is 0. The van der Waals surface area contributed by atoms with Gasteiger partial charge in [0.2, 0.25) is 0 Å². The number of carbonyl (C=O) groups is 1. The largest absolute Gasteiger partial charge is 0.350 e. The van der Waals surface area contributed by atoms with Crippen LogP contribution in [0, 0.1) is 5.92 Å². The summed E-state index contributed by atoms with van der Waals surface area (Å²) in [6.07, 6.45) is 1.66. The Kier molecular flexibility index (Phi) is 4.97. The highest BCUT2D eigenvalue weighted by atomic mass is 16.5. The third kappa shape index (κ3) is 4.87. The highest BCUT2D eigenvalue weighted by Gasteiger charge is 2.05. The molecule has 0 spiro atoms. The molecule has 0 heterocycles. The van der Waals surface area contributed by atoms with Gasteiger partial charge in [0.15, 0.2) is 0 Å². The Morgan fingerprint density at radius 2 is 1.82 bits per heavy atom. The zero-order chi connectivity index (χ0) is 12.8. The Labute approximate surface area is 102 Å². The van der Waals surface area contributed by atoms with Gasteiger partial charge in [0.1, 0.15) is 0 Å². The second-order valence-corrected chi connectivity index (χ2v) is 4.63. The molecule has 0 aliphatic heterocycles. The molecular formula is C13H20N2O2. The lowest BCUT2D eigenvalue weighted by Gasteiger charge is -2.12. The lowest BCUT2D eigenvalue weighted by Crippen LogP contribution is -2.34. The van der Waals surface area contributed by atoms with Gasteiger partial charge in [-0.2, -0.15) is 0 Å². The first kappa shape index (κ1) is 13.5. The van der Waals surface area contributed by atoms with Gasteiger partial charge in [-0.15, -0.1) is 0 Å². The van der Waals surface area contributed by atoms with Crippen molar-refractivity contribution in [3.8, 4) is 0 Å². The van der Waals surface area contributed by atoms with E-state index in [9.17, 15) is 4.79 Å². The van der Waals surface area contributed by atoms with E-state index in [0.717, 1.165) is 12.0 Å². The van der Waals surface area contributed by atoms with Crippen LogP contribution < -0.4 is 5.73 Å². The highest BCUT2D eigenvalue weighted by molar-refractivity contribution is 5.70.